The Hall–Kier alpha value is -1.79. The van der Waals surface area contributed by atoms with Crippen molar-refractivity contribution in [1.82, 2.24) is 5.32 Å². The second-order valence-electron chi connectivity index (χ2n) is 31.4. The molecule has 0 aliphatic carbocycles. The van der Waals surface area contributed by atoms with Crippen LogP contribution in [0.5, 0.6) is 0 Å². The molecule has 2 heterocycles. The summed E-state index contributed by atoms with van der Waals surface area (Å²) < 4.78 is 22.9. The van der Waals surface area contributed by atoms with E-state index in [1.807, 2.05) is 6.08 Å². The minimum atomic E-state index is -1.79. The Labute approximate surface area is 627 Å². The van der Waals surface area contributed by atoms with Crippen LogP contribution in [0.25, 0.3) is 0 Å². The number of rotatable bonds is 76. The van der Waals surface area contributed by atoms with Gasteiger partial charge in [0.05, 0.1) is 32.0 Å². The van der Waals surface area contributed by atoms with E-state index in [-0.39, 0.29) is 18.9 Å². The van der Waals surface area contributed by atoms with Gasteiger partial charge in [0, 0.05) is 6.42 Å². The molecule has 14 nitrogen and oxygen atoms in total. The Kier molecular flexibility index (Phi) is 68.1. The summed E-state index contributed by atoms with van der Waals surface area (Å²) in [6.07, 6.45) is 79.9. The highest BCUT2D eigenvalue weighted by Gasteiger charge is 2.51. The maximum atomic E-state index is 13.4. The third-order valence-electron chi connectivity index (χ3n) is 21.8. The zero-order valence-corrected chi connectivity index (χ0v) is 66.4. The van der Waals surface area contributed by atoms with E-state index >= 15 is 0 Å². The average molecular weight is 1450 g/mol. The quantitative estimate of drug-likeness (QED) is 0.0204. The van der Waals surface area contributed by atoms with Gasteiger partial charge >= 0.3 is 0 Å². The smallest absolute Gasteiger partial charge is 0.220 e. The molecule has 0 aromatic heterocycles. The fraction of sp³-hybridized carbons (Fsp3) is 0.920. The minimum absolute atomic E-state index is 0.244. The van der Waals surface area contributed by atoms with Crippen molar-refractivity contribution < 1.29 is 64.6 Å². The Bertz CT molecular complexity index is 1850. The highest BCUT2D eigenvalue weighted by Crippen LogP contribution is 2.31. The number of aliphatic hydroxyl groups excluding tert-OH is 8. The summed E-state index contributed by atoms with van der Waals surface area (Å²) in [6.45, 7) is 2.85. The fourth-order valence-corrected chi connectivity index (χ4v) is 14.9. The maximum absolute atomic E-state index is 13.4. The van der Waals surface area contributed by atoms with E-state index in [1.54, 1.807) is 6.08 Å². The molecule has 12 atom stereocenters. The van der Waals surface area contributed by atoms with Crippen LogP contribution in [-0.2, 0) is 23.7 Å². The standard InChI is InChI=1S/C88H167NO13/c1-3-5-7-9-11-13-15-17-19-21-23-25-27-29-31-33-34-35-36-37-38-39-40-41-42-44-46-48-50-52-54-56-58-60-62-64-66-68-70-72-80(93)89-76(75-99-87-85(98)83(96)86(79(74-91)101-87)102-88-84(97)82(95)81(94)78(73-90)100-88)77(92)71-69-67-65-63-61-59-57-55-53-51-49-47-45-43-32-30-28-26-24-22-20-18-16-14-12-10-8-6-4-2/h53,55,61,63,69,71,76-79,81-88,90-92,94-98H,3-52,54,56-60,62,64-68,70,72-75H2,1-2H3,(H,89,93)/b55-53+,63-61+,71-69+. The zero-order valence-electron chi connectivity index (χ0n) is 66.4. The number of carbonyl (C=O) groups excluding carboxylic acids is 1. The Balaban J connectivity index is 1.57. The molecule has 2 rings (SSSR count). The van der Waals surface area contributed by atoms with Crippen molar-refractivity contribution in [1.29, 1.82) is 0 Å². The fourth-order valence-electron chi connectivity index (χ4n) is 14.9. The Morgan fingerprint density at radius 3 is 0.961 bits per heavy atom. The molecule has 0 aromatic rings. The van der Waals surface area contributed by atoms with Crippen LogP contribution in [0.15, 0.2) is 36.5 Å². The molecule has 0 aromatic carbocycles. The molecule has 0 radical (unpaired) electrons. The predicted octanol–water partition coefficient (Wildman–Crippen LogP) is 21.1. The van der Waals surface area contributed by atoms with Gasteiger partial charge in [0.25, 0.3) is 0 Å². The SMILES string of the molecule is CCCCCCCCCCCCCCCCCCCCC/C=C/CC/C=C/CC/C=C/C(O)C(COC1OC(CO)C(OC2OC(CO)C(O)C(O)C2O)C(O)C1O)NC(=O)CCCCCCCCCCCCCCCCCCCCCCCCCCCCCCCCCCCCCCCCC. The summed E-state index contributed by atoms with van der Waals surface area (Å²) in [6, 6.07) is -0.939. The molecule has 1 amide bonds. The first-order chi connectivity index (χ1) is 50.1. The van der Waals surface area contributed by atoms with Crippen LogP contribution in [0.2, 0.25) is 0 Å². The van der Waals surface area contributed by atoms with Crippen LogP contribution in [0, 0.1) is 0 Å². The van der Waals surface area contributed by atoms with Crippen molar-refractivity contribution >= 4 is 5.91 Å². The van der Waals surface area contributed by atoms with Crippen molar-refractivity contribution in [3.63, 3.8) is 0 Å². The van der Waals surface area contributed by atoms with Gasteiger partial charge in [-0.15, -0.1) is 0 Å². The summed E-state index contributed by atoms with van der Waals surface area (Å²) in [5.74, 6) is -0.244. The van der Waals surface area contributed by atoms with Crippen LogP contribution in [0.4, 0.5) is 0 Å². The molecule has 2 fully saturated rings. The van der Waals surface area contributed by atoms with E-state index in [0.717, 1.165) is 44.9 Å². The summed E-state index contributed by atoms with van der Waals surface area (Å²) in [5, 5.41) is 87.8. The van der Waals surface area contributed by atoms with Gasteiger partial charge in [0.1, 0.15) is 48.8 Å². The number of ether oxygens (including phenoxy) is 4. The molecule has 2 aliphatic rings. The molecule has 602 valence electrons. The highest BCUT2D eigenvalue weighted by molar-refractivity contribution is 5.76. The number of aliphatic hydroxyl groups is 8. The number of nitrogens with one attached hydrogen (secondary N) is 1. The zero-order chi connectivity index (χ0) is 73.7. The first-order valence-electron chi connectivity index (χ1n) is 44.2. The van der Waals surface area contributed by atoms with Crippen LogP contribution >= 0.6 is 0 Å². The van der Waals surface area contributed by atoms with Crippen molar-refractivity contribution in [2.24, 2.45) is 0 Å². The van der Waals surface area contributed by atoms with Gasteiger partial charge in [-0.25, -0.2) is 0 Å². The van der Waals surface area contributed by atoms with E-state index in [4.69, 9.17) is 18.9 Å². The molecule has 0 bridgehead atoms. The molecular weight excluding hydrogens is 1280 g/mol. The van der Waals surface area contributed by atoms with Gasteiger partial charge in [0.15, 0.2) is 12.6 Å². The monoisotopic (exact) mass is 1450 g/mol. The number of carbonyl (C=O) groups is 1. The summed E-state index contributed by atoms with van der Waals surface area (Å²) >= 11 is 0. The number of allylic oxidation sites excluding steroid dienone is 5. The third-order valence-corrected chi connectivity index (χ3v) is 21.8. The average Bonchev–Trinajstić information content (AvgIpc) is 0.790. The normalized spacial score (nSPS) is 21.7. The molecule has 0 saturated carbocycles. The first kappa shape index (κ1) is 96.3. The number of hydrogen-bond donors (Lipinski definition) is 9. The van der Waals surface area contributed by atoms with Crippen molar-refractivity contribution in [2.45, 2.75) is 498 Å². The van der Waals surface area contributed by atoms with Gasteiger partial charge in [-0.05, 0) is 44.9 Å². The molecule has 2 saturated heterocycles. The molecule has 9 N–H and O–H groups in total. The lowest BCUT2D eigenvalue weighted by Gasteiger charge is -2.46. The number of hydrogen-bond acceptors (Lipinski definition) is 13. The highest BCUT2D eigenvalue weighted by atomic mass is 16.7. The number of amides is 1. The lowest BCUT2D eigenvalue weighted by Crippen LogP contribution is -2.65. The topological polar surface area (TPSA) is 228 Å². The first-order valence-corrected chi connectivity index (χ1v) is 44.2. The summed E-state index contributed by atoms with van der Waals surface area (Å²) in [7, 11) is 0. The van der Waals surface area contributed by atoms with E-state index < -0.39 is 86.8 Å². The lowest BCUT2D eigenvalue weighted by atomic mass is 9.97. The molecule has 0 spiro atoms. The van der Waals surface area contributed by atoms with Gasteiger partial charge < -0.3 is 65.1 Å². The lowest BCUT2D eigenvalue weighted by molar-refractivity contribution is -0.359. The van der Waals surface area contributed by atoms with Gasteiger partial charge in [0.2, 0.25) is 5.91 Å². The molecular formula is C88H167NO13. The van der Waals surface area contributed by atoms with Crippen molar-refractivity contribution in [3.8, 4) is 0 Å². The Morgan fingerprint density at radius 1 is 0.343 bits per heavy atom. The Morgan fingerprint density at radius 2 is 0.627 bits per heavy atom. The minimum Gasteiger partial charge on any atom is -0.394 e. The van der Waals surface area contributed by atoms with Crippen LogP contribution < -0.4 is 5.32 Å². The van der Waals surface area contributed by atoms with E-state index in [9.17, 15) is 45.6 Å². The third kappa shape index (κ3) is 53.9. The van der Waals surface area contributed by atoms with E-state index in [1.165, 1.54) is 347 Å². The molecule has 102 heavy (non-hydrogen) atoms. The second-order valence-corrected chi connectivity index (χ2v) is 31.4. The van der Waals surface area contributed by atoms with Crippen LogP contribution in [0.1, 0.15) is 425 Å². The van der Waals surface area contributed by atoms with Gasteiger partial charge in [-0.2, -0.15) is 0 Å². The van der Waals surface area contributed by atoms with Crippen molar-refractivity contribution in [2.75, 3.05) is 19.8 Å². The largest absolute Gasteiger partial charge is 0.394 e. The van der Waals surface area contributed by atoms with Crippen LogP contribution in [-0.4, -0.2) is 140 Å². The van der Waals surface area contributed by atoms with E-state index in [2.05, 4.69) is 43.5 Å². The van der Waals surface area contributed by atoms with Gasteiger partial charge in [-0.1, -0.05) is 410 Å². The predicted molar refractivity (Wildman–Crippen MR) is 425 cm³/mol. The van der Waals surface area contributed by atoms with E-state index in [0.29, 0.717) is 12.8 Å². The molecule has 2 aliphatic heterocycles. The summed E-state index contributed by atoms with van der Waals surface area (Å²) in [4.78, 5) is 13.4. The van der Waals surface area contributed by atoms with Crippen LogP contribution in [0.3, 0.4) is 0 Å². The maximum Gasteiger partial charge on any atom is 0.220 e. The molecule has 12 unspecified atom stereocenters. The van der Waals surface area contributed by atoms with Gasteiger partial charge in [-0.3, -0.25) is 4.79 Å². The second kappa shape index (κ2) is 72.1. The van der Waals surface area contributed by atoms with Crippen molar-refractivity contribution in [3.05, 3.63) is 36.5 Å². The number of unbranched alkanes of at least 4 members (excludes halogenated alkanes) is 59. The molecule has 14 heteroatoms. The summed E-state index contributed by atoms with van der Waals surface area (Å²) in [5.41, 5.74) is 0.